The molecule has 0 saturated carbocycles. The molecule has 18 heavy (non-hydrogen) atoms. The van der Waals surface area contributed by atoms with Gasteiger partial charge in [-0.25, -0.2) is 0 Å². The molecule has 0 amide bonds. The van der Waals surface area contributed by atoms with Gasteiger partial charge in [0, 0.05) is 12.7 Å². The third-order valence-corrected chi connectivity index (χ3v) is 1.93. The van der Waals surface area contributed by atoms with Gasteiger partial charge in [0.05, 0.1) is 11.4 Å². The molecule has 1 rings (SSSR count). The van der Waals surface area contributed by atoms with Crippen molar-refractivity contribution in [2.45, 2.75) is 13.8 Å². The molecule has 1 aromatic heterocycles. The van der Waals surface area contributed by atoms with Crippen LogP contribution < -0.4 is 10.7 Å². The van der Waals surface area contributed by atoms with Gasteiger partial charge in [-0.05, 0) is 38.2 Å². The van der Waals surface area contributed by atoms with Crippen molar-refractivity contribution in [3.63, 3.8) is 0 Å². The molecule has 105 valence electrons. The standard InChI is InChI=1S/C10H14N4S.2ClH.Cu/c1-3-11-10(15)14-13-8(2)9-6-4-5-7-12-9;;;/h4-7H,3H2,1-2H3,(H2,11,14,15);2*1H;/q;;;+2/p-2. The van der Waals surface area contributed by atoms with Crippen LogP contribution >= 0.6 is 32.4 Å². The van der Waals surface area contributed by atoms with Gasteiger partial charge in [-0.3, -0.25) is 10.4 Å². The summed E-state index contributed by atoms with van der Waals surface area (Å²) >= 11 is 5.73. The molecular formula is C10H14Cl2CuN4S. The summed E-state index contributed by atoms with van der Waals surface area (Å²) < 4.78 is 0. The molecule has 1 heterocycles. The Labute approximate surface area is 127 Å². The molecule has 0 spiro atoms. The number of pyridine rings is 1. The number of nitrogens with zero attached hydrogens (tertiary/aromatic N) is 2. The van der Waals surface area contributed by atoms with E-state index in [1.54, 1.807) is 6.20 Å². The molecule has 0 bridgehead atoms. The maximum atomic E-state index is 4.97. The first kappa shape index (κ1) is 17.6. The average Bonchev–Trinajstić information content (AvgIpc) is 2.38. The zero-order valence-corrected chi connectivity index (χ0v) is 13.1. The Morgan fingerprint density at radius 2 is 2.17 bits per heavy atom. The van der Waals surface area contributed by atoms with Crippen LogP contribution in [0.1, 0.15) is 19.5 Å². The summed E-state index contributed by atoms with van der Waals surface area (Å²) in [7, 11) is 9.34. The van der Waals surface area contributed by atoms with Gasteiger partial charge >= 0.3 is 33.3 Å². The van der Waals surface area contributed by atoms with Crippen LogP contribution in [0, 0.1) is 0 Å². The van der Waals surface area contributed by atoms with E-state index in [1.165, 1.54) is 0 Å². The van der Waals surface area contributed by atoms with Crippen LogP contribution in [0.2, 0.25) is 0 Å². The van der Waals surface area contributed by atoms with E-state index in [0.717, 1.165) is 31.1 Å². The van der Waals surface area contributed by atoms with Crippen LogP contribution in [0.3, 0.4) is 0 Å². The summed E-state index contributed by atoms with van der Waals surface area (Å²) in [5, 5.41) is 7.58. The van der Waals surface area contributed by atoms with Crippen molar-refractivity contribution < 1.29 is 13.1 Å². The number of hydrogen-bond donors (Lipinski definition) is 2. The van der Waals surface area contributed by atoms with Gasteiger partial charge in [0.2, 0.25) is 0 Å². The average molecular weight is 357 g/mol. The summed E-state index contributed by atoms with van der Waals surface area (Å²) in [6, 6.07) is 5.69. The maximum absolute atomic E-state index is 4.97. The second-order valence-electron chi connectivity index (χ2n) is 2.93. The van der Waals surface area contributed by atoms with Gasteiger partial charge in [0.15, 0.2) is 5.11 Å². The van der Waals surface area contributed by atoms with Gasteiger partial charge in [0.25, 0.3) is 0 Å². The number of hydrazone groups is 1. The quantitative estimate of drug-likeness (QED) is 0.378. The van der Waals surface area contributed by atoms with Gasteiger partial charge in [-0.1, -0.05) is 6.07 Å². The Morgan fingerprint density at radius 1 is 1.50 bits per heavy atom. The molecule has 8 heteroatoms. The Bertz CT molecular complexity index is 375. The van der Waals surface area contributed by atoms with Crippen LogP contribution in [0.4, 0.5) is 0 Å². The van der Waals surface area contributed by atoms with Crippen molar-refractivity contribution >= 4 is 43.2 Å². The van der Waals surface area contributed by atoms with E-state index in [-0.39, 0.29) is 0 Å². The van der Waals surface area contributed by atoms with Crippen molar-refractivity contribution in [3.8, 4) is 0 Å². The zero-order chi connectivity index (χ0) is 13.8. The number of nitrogens with one attached hydrogen (secondary N) is 2. The Morgan fingerprint density at radius 3 is 2.67 bits per heavy atom. The SMILES string of the molecule is CCNC(=S)NN=C(C)c1ccccn1.[Cl][Cu][Cl]. The van der Waals surface area contributed by atoms with E-state index in [0.29, 0.717) is 5.11 Å². The van der Waals surface area contributed by atoms with Crippen molar-refractivity contribution in [3.05, 3.63) is 30.1 Å². The fourth-order valence-corrected chi connectivity index (χ4v) is 1.16. The summed E-state index contributed by atoms with van der Waals surface area (Å²) in [6.45, 7) is 4.64. The topological polar surface area (TPSA) is 49.3 Å². The van der Waals surface area contributed by atoms with E-state index in [9.17, 15) is 0 Å². The summed E-state index contributed by atoms with van der Waals surface area (Å²) in [5.41, 5.74) is 4.39. The van der Waals surface area contributed by atoms with E-state index in [4.69, 9.17) is 12.2 Å². The van der Waals surface area contributed by atoms with Crippen LogP contribution in [-0.4, -0.2) is 22.4 Å². The fourth-order valence-electron chi connectivity index (χ4n) is 0.969. The van der Waals surface area contributed by atoms with Crippen LogP contribution in [0.15, 0.2) is 29.5 Å². The number of aromatic nitrogens is 1. The Kier molecular flexibility index (Phi) is 11.4. The van der Waals surface area contributed by atoms with Gasteiger partial charge < -0.3 is 5.32 Å². The predicted octanol–water partition coefficient (Wildman–Crippen LogP) is 2.67. The van der Waals surface area contributed by atoms with Crippen LogP contribution in [0.5, 0.6) is 0 Å². The second kappa shape index (κ2) is 11.7. The second-order valence-corrected chi connectivity index (χ2v) is 4.89. The van der Waals surface area contributed by atoms with Gasteiger partial charge in [0.1, 0.15) is 0 Å². The van der Waals surface area contributed by atoms with E-state index < -0.39 is 0 Å². The molecule has 0 radical (unpaired) electrons. The van der Waals surface area contributed by atoms with E-state index in [2.05, 4.69) is 41.0 Å². The summed E-state index contributed by atoms with van der Waals surface area (Å²) in [6.07, 6.45) is 1.73. The molecule has 1 aromatic rings. The fraction of sp³-hybridized carbons (Fsp3) is 0.300. The monoisotopic (exact) mass is 355 g/mol. The van der Waals surface area contributed by atoms with E-state index in [1.807, 2.05) is 32.0 Å². The molecule has 0 saturated heterocycles. The molecular weight excluding hydrogens is 343 g/mol. The zero-order valence-electron chi connectivity index (χ0n) is 9.88. The van der Waals surface area contributed by atoms with Gasteiger partial charge in [-0.2, -0.15) is 5.10 Å². The number of hydrogen-bond acceptors (Lipinski definition) is 3. The third-order valence-electron chi connectivity index (χ3n) is 1.70. The molecule has 0 aromatic carbocycles. The van der Waals surface area contributed by atoms with E-state index >= 15 is 0 Å². The predicted molar refractivity (Wildman–Crippen MR) is 77.6 cm³/mol. The summed E-state index contributed by atoms with van der Waals surface area (Å²) in [4.78, 5) is 4.17. The first-order valence-corrected chi connectivity index (χ1v) is 7.96. The molecule has 2 N–H and O–H groups in total. The van der Waals surface area contributed by atoms with Crippen molar-refractivity contribution in [1.29, 1.82) is 0 Å². The molecule has 0 aliphatic rings. The molecule has 4 nitrogen and oxygen atoms in total. The molecule has 0 unspecified atom stereocenters. The van der Waals surface area contributed by atoms with Crippen molar-refractivity contribution in [1.82, 2.24) is 15.7 Å². The minimum absolute atomic E-state index is 0.521. The number of thiocarbonyl (C=S) groups is 1. The molecule has 0 fully saturated rings. The number of halogens is 2. The normalized spacial score (nSPS) is 10.3. The first-order valence-electron chi connectivity index (χ1n) is 4.96. The molecule has 0 atom stereocenters. The number of rotatable bonds is 3. The minimum atomic E-state index is 0.521. The third kappa shape index (κ3) is 8.66. The Balaban J connectivity index is 0.000000873. The van der Waals surface area contributed by atoms with Crippen LogP contribution in [0.25, 0.3) is 0 Å². The van der Waals surface area contributed by atoms with Crippen LogP contribution in [-0.2, 0) is 13.1 Å². The first-order chi connectivity index (χ1) is 8.65. The van der Waals surface area contributed by atoms with Crippen molar-refractivity contribution in [2.24, 2.45) is 5.10 Å². The molecule has 0 aliphatic carbocycles. The van der Waals surface area contributed by atoms with Crippen molar-refractivity contribution in [2.75, 3.05) is 6.54 Å². The molecule has 0 aliphatic heterocycles. The Hall–Kier alpha value is -0.391. The van der Waals surface area contributed by atoms with Gasteiger partial charge in [-0.15, -0.1) is 0 Å². The summed E-state index contributed by atoms with van der Waals surface area (Å²) in [5.74, 6) is 0.